The van der Waals surface area contributed by atoms with E-state index in [1.54, 1.807) is 6.07 Å². The molecule has 0 aliphatic carbocycles. The molecular weight excluding hydrogens is 323 g/mol. The Bertz CT molecular complexity index is 737. The Hall–Kier alpha value is -2.60. The third kappa shape index (κ3) is 4.96. The quantitative estimate of drug-likeness (QED) is 0.651. The minimum Gasteiger partial charge on any atom is -0.507 e. The van der Waals surface area contributed by atoms with Crippen LogP contribution in [0.3, 0.4) is 0 Å². The van der Waals surface area contributed by atoms with Crippen LogP contribution in [0.2, 0.25) is 5.02 Å². The molecule has 0 heterocycles. The van der Waals surface area contributed by atoms with E-state index >= 15 is 0 Å². The van der Waals surface area contributed by atoms with Crippen molar-refractivity contribution in [3.05, 3.63) is 58.9 Å². The zero-order chi connectivity index (χ0) is 16.8. The Morgan fingerprint density at radius 3 is 2.91 bits per heavy atom. The Morgan fingerprint density at radius 1 is 1.39 bits per heavy atom. The number of benzene rings is 2. The van der Waals surface area contributed by atoms with Crippen LogP contribution in [0.15, 0.2) is 47.6 Å². The summed E-state index contributed by atoms with van der Waals surface area (Å²) < 4.78 is 18.3. The van der Waals surface area contributed by atoms with E-state index in [0.29, 0.717) is 10.6 Å². The lowest BCUT2D eigenvalue weighted by Crippen LogP contribution is -2.33. The van der Waals surface area contributed by atoms with Crippen LogP contribution in [0.1, 0.15) is 12.5 Å². The maximum Gasteiger partial charge on any atom is 0.280 e. The van der Waals surface area contributed by atoms with E-state index in [9.17, 15) is 14.3 Å². The Labute approximate surface area is 137 Å². The van der Waals surface area contributed by atoms with Gasteiger partial charge in [-0.25, -0.2) is 9.82 Å². The van der Waals surface area contributed by atoms with Crippen LogP contribution in [0.5, 0.6) is 11.5 Å². The summed E-state index contributed by atoms with van der Waals surface area (Å²) in [5.41, 5.74) is 2.63. The highest BCUT2D eigenvalue weighted by molar-refractivity contribution is 6.30. The van der Waals surface area contributed by atoms with Crippen molar-refractivity contribution in [2.75, 3.05) is 0 Å². The molecule has 1 amide bonds. The molecule has 2 aromatic carbocycles. The molecule has 2 aromatic rings. The van der Waals surface area contributed by atoms with Gasteiger partial charge in [0, 0.05) is 16.7 Å². The second-order valence-corrected chi connectivity index (χ2v) is 5.09. The summed E-state index contributed by atoms with van der Waals surface area (Å²) in [6.45, 7) is 1.51. The molecule has 5 nitrogen and oxygen atoms in total. The zero-order valence-corrected chi connectivity index (χ0v) is 12.9. The highest BCUT2D eigenvalue weighted by Crippen LogP contribution is 2.19. The molecule has 2 rings (SSSR count). The molecule has 0 spiro atoms. The molecule has 7 heteroatoms. The fraction of sp³-hybridized carbons (Fsp3) is 0.125. The molecule has 1 atom stereocenters. The smallest absolute Gasteiger partial charge is 0.280 e. The number of carbonyl (C=O) groups is 1. The summed E-state index contributed by atoms with van der Waals surface area (Å²) in [5, 5.41) is 13.8. The van der Waals surface area contributed by atoms with Crippen LogP contribution in [-0.2, 0) is 4.79 Å². The first-order valence-corrected chi connectivity index (χ1v) is 7.07. The first-order chi connectivity index (χ1) is 11.0. The first kappa shape index (κ1) is 16.8. The van der Waals surface area contributed by atoms with Crippen LogP contribution in [0, 0.1) is 5.82 Å². The van der Waals surface area contributed by atoms with Gasteiger partial charge in [-0.2, -0.15) is 5.10 Å². The van der Waals surface area contributed by atoms with Gasteiger partial charge in [0.05, 0.1) is 6.21 Å². The summed E-state index contributed by atoms with van der Waals surface area (Å²) in [4.78, 5) is 11.8. The number of carbonyl (C=O) groups excluding carboxylic acids is 1. The van der Waals surface area contributed by atoms with E-state index in [0.717, 1.165) is 0 Å². The summed E-state index contributed by atoms with van der Waals surface area (Å²) in [6.07, 6.45) is 0.385. The maximum absolute atomic E-state index is 13.0. The van der Waals surface area contributed by atoms with Crippen LogP contribution in [0.4, 0.5) is 4.39 Å². The van der Waals surface area contributed by atoms with Crippen molar-refractivity contribution in [2.24, 2.45) is 5.10 Å². The first-order valence-electron chi connectivity index (χ1n) is 6.69. The standard InChI is InChI=1S/C16H14ClFN2O3/c1-10(23-14-4-2-3-13(18)8-14)16(22)20-19-9-11-7-12(17)5-6-15(11)21/h2-10,21H,1H3,(H,20,22). The number of hydrogen-bond donors (Lipinski definition) is 2. The monoisotopic (exact) mass is 336 g/mol. The van der Waals surface area contributed by atoms with Gasteiger partial charge in [-0.15, -0.1) is 0 Å². The lowest BCUT2D eigenvalue weighted by Gasteiger charge is -2.12. The molecule has 23 heavy (non-hydrogen) atoms. The number of rotatable bonds is 5. The van der Waals surface area contributed by atoms with Gasteiger partial charge in [0.2, 0.25) is 0 Å². The molecule has 0 saturated heterocycles. The Balaban J connectivity index is 1.93. The van der Waals surface area contributed by atoms with E-state index < -0.39 is 17.8 Å². The normalized spacial score (nSPS) is 12.1. The van der Waals surface area contributed by atoms with E-state index in [1.165, 1.54) is 49.5 Å². The average Bonchev–Trinajstić information content (AvgIpc) is 2.50. The van der Waals surface area contributed by atoms with Gasteiger partial charge < -0.3 is 9.84 Å². The molecule has 0 aromatic heterocycles. The third-order valence-electron chi connectivity index (χ3n) is 2.85. The summed E-state index contributed by atoms with van der Waals surface area (Å²) in [5.74, 6) is -0.753. The highest BCUT2D eigenvalue weighted by atomic mass is 35.5. The minimum absolute atomic E-state index is 0.0172. The van der Waals surface area contributed by atoms with Gasteiger partial charge in [-0.3, -0.25) is 4.79 Å². The van der Waals surface area contributed by atoms with E-state index in [4.69, 9.17) is 16.3 Å². The molecule has 0 aliphatic rings. The number of aromatic hydroxyl groups is 1. The van der Waals surface area contributed by atoms with Gasteiger partial charge in [0.1, 0.15) is 17.3 Å². The van der Waals surface area contributed by atoms with Crippen LogP contribution >= 0.6 is 11.6 Å². The van der Waals surface area contributed by atoms with Crippen LogP contribution in [0.25, 0.3) is 0 Å². The number of ether oxygens (including phenoxy) is 1. The van der Waals surface area contributed by atoms with Gasteiger partial charge in [-0.1, -0.05) is 17.7 Å². The Kier molecular flexibility index (Phi) is 5.54. The summed E-state index contributed by atoms with van der Waals surface area (Å²) in [7, 11) is 0. The van der Waals surface area contributed by atoms with Crippen LogP contribution in [-0.4, -0.2) is 23.3 Å². The fourth-order valence-corrected chi connectivity index (χ4v) is 1.86. The van der Waals surface area contributed by atoms with Crippen LogP contribution < -0.4 is 10.2 Å². The van der Waals surface area contributed by atoms with Crippen molar-refractivity contribution >= 4 is 23.7 Å². The molecule has 0 saturated carbocycles. The molecule has 0 bridgehead atoms. The Morgan fingerprint density at radius 2 is 2.17 bits per heavy atom. The predicted octanol–water partition coefficient (Wildman–Crippen LogP) is 3.10. The van der Waals surface area contributed by atoms with Crippen molar-refractivity contribution in [1.29, 1.82) is 0 Å². The average molecular weight is 337 g/mol. The number of phenols is 1. The SMILES string of the molecule is CC(Oc1cccc(F)c1)C(=O)NN=Cc1cc(Cl)ccc1O. The lowest BCUT2D eigenvalue weighted by molar-refractivity contribution is -0.127. The number of phenolic OH excluding ortho intramolecular Hbond substituents is 1. The minimum atomic E-state index is -0.873. The second-order valence-electron chi connectivity index (χ2n) is 4.65. The number of hydrazone groups is 1. The zero-order valence-electron chi connectivity index (χ0n) is 12.2. The number of nitrogens with zero attached hydrogens (tertiary/aromatic N) is 1. The second kappa shape index (κ2) is 7.60. The van der Waals surface area contributed by atoms with Crippen molar-refractivity contribution in [3.63, 3.8) is 0 Å². The summed E-state index contributed by atoms with van der Waals surface area (Å²) in [6, 6.07) is 9.92. The number of halogens is 2. The van der Waals surface area contributed by atoms with E-state index in [2.05, 4.69) is 10.5 Å². The maximum atomic E-state index is 13.0. The molecule has 0 fully saturated rings. The van der Waals surface area contributed by atoms with E-state index in [1.807, 2.05) is 0 Å². The summed E-state index contributed by atoms with van der Waals surface area (Å²) >= 11 is 5.80. The predicted molar refractivity (Wildman–Crippen MR) is 85.3 cm³/mol. The highest BCUT2D eigenvalue weighted by Gasteiger charge is 2.14. The van der Waals surface area contributed by atoms with Gasteiger partial charge in [0.25, 0.3) is 5.91 Å². The lowest BCUT2D eigenvalue weighted by atomic mass is 10.2. The molecular formula is C16H14ClFN2O3. The van der Waals surface area contributed by atoms with Gasteiger partial charge in [-0.05, 0) is 37.3 Å². The van der Waals surface area contributed by atoms with E-state index in [-0.39, 0.29) is 11.5 Å². The van der Waals surface area contributed by atoms with Crippen molar-refractivity contribution in [3.8, 4) is 11.5 Å². The number of nitrogens with one attached hydrogen (secondary N) is 1. The van der Waals surface area contributed by atoms with Crippen molar-refractivity contribution < 1.29 is 19.0 Å². The van der Waals surface area contributed by atoms with Crippen molar-refractivity contribution in [1.82, 2.24) is 5.43 Å². The number of hydrogen-bond acceptors (Lipinski definition) is 4. The topological polar surface area (TPSA) is 70.9 Å². The molecule has 1 unspecified atom stereocenters. The third-order valence-corrected chi connectivity index (χ3v) is 3.08. The van der Waals surface area contributed by atoms with Crippen molar-refractivity contribution in [2.45, 2.75) is 13.0 Å². The van der Waals surface area contributed by atoms with Gasteiger partial charge >= 0.3 is 0 Å². The molecule has 0 radical (unpaired) electrons. The molecule has 2 N–H and O–H groups in total. The largest absolute Gasteiger partial charge is 0.507 e. The molecule has 120 valence electrons. The number of amides is 1. The molecule has 0 aliphatic heterocycles. The fourth-order valence-electron chi connectivity index (χ4n) is 1.68. The van der Waals surface area contributed by atoms with Gasteiger partial charge in [0.15, 0.2) is 6.10 Å².